The van der Waals surface area contributed by atoms with E-state index in [-0.39, 0.29) is 5.91 Å². The summed E-state index contributed by atoms with van der Waals surface area (Å²) in [5.74, 6) is 1.11. The van der Waals surface area contributed by atoms with Crippen molar-refractivity contribution in [2.24, 2.45) is 0 Å². The van der Waals surface area contributed by atoms with Crippen LogP contribution in [-0.4, -0.2) is 24.6 Å². The Labute approximate surface area is 204 Å². The predicted molar refractivity (Wildman–Crippen MR) is 138 cm³/mol. The van der Waals surface area contributed by atoms with Crippen molar-refractivity contribution < 1.29 is 14.3 Å². The number of rotatable bonds is 11. The minimum Gasteiger partial charge on any atom is -0.493 e. The average Bonchev–Trinajstić information content (AvgIpc) is 3.18. The summed E-state index contributed by atoms with van der Waals surface area (Å²) >= 11 is 7.40. The Bertz CT molecular complexity index is 1090. The van der Waals surface area contributed by atoms with Gasteiger partial charge in [-0.25, -0.2) is 4.98 Å². The van der Waals surface area contributed by atoms with Crippen molar-refractivity contribution in [2.45, 2.75) is 39.5 Å². The van der Waals surface area contributed by atoms with Crippen molar-refractivity contribution in [1.82, 2.24) is 4.98 Å². The first-order valence-electron chi connectivity index (χ1n) is 11.0. The quantitative estimate of drug-likeness (QED) is 0.227. The van der Waals surface area contributed by atoms with Gasteiger partial charge in [0.2, 0.25) is 5.91 Å². The van der Waals surface area contributed by atoms with Crippen LogP contribution in [-0.2, 0) is 4.79 Å². The molecule has 0 fully saturated rings. The van der Waals surface area contributed by atoms with Gasteiger partial charge in [-0.15, -0.1) is 11.3 Å². The summed E-state index contributed by atoms with van der Waals surface area (Å²) in [5, 5.41) is 4.07. The lowest BCUT2D eigenvalue weighted by atomic mass is 10.1. The third-order valence-corrected chi connectivity index (χ3v) is 6.15. The van der Waals surface area contributed by atoms with Gasteiger partial charge < -0.3 is 9.47 Å². The summed E-state index contributed by atoms with van der Waals surface area (Å²) in [5.41, 5.74) is 2.65. The number of unbranched alkanes of at least 4 members (excludes halogenated alkanes) is 3. The standard InChI is InChI=1S/C26H29ClN2O3S/c1-4-5-6-7-16-32-22-14-8-19(17-23(22)31-3)9-15-24(30)28-26-29-25(18(2)33-26)20-10-12-21(27)13-11-20/h8-15,17H,4-7,16H2,1-3H3,(H,28,29,30)/b15-9+. The fraction of sp³-hybridized carbons (Fsp3) is 0.308. The van der Waals surface area contributed by atoms with E-state index in [1.165, 1.54) is 30.3 Å². The first-order chi connectivity index (χ1) is 16.0. The summed E-state index contributed by atoms with van der Waals surface area (Å²) in [4.78, 5) is 18.0. The van der Waals surface area contributed by atoms with Gasteiger partial charge in [-0.2, -0.15) is 0 Å². The van der Waals surface area contributed by atoms with Crippen LogP contribution in [0.25, 0.3) is 17.3 Å². The number of aryl methyl sites for hydroxylation is 1. The number of hydrogen-bond acceptors (Lipinski definition) is 5. The second-order valence-corrected chi connectivity index (χ2v) is 9.21. The van der Waals surface area contributed by atoms with Gasteiger partial charge in [-0.3, -0.25) is 10.1 Å². The van der Waals surface area contributed by atoms with Gasteiger partial charge in [0.25, 0.3) is 0 Å². The lowest BCUT2D eigenvalue weighted by Crippen LogP contribution is -2.07. The Balaban J connectivity index is 1.60. The molecular weight excluding hydrogens is 456 g/mol. The molecule has 0 saturated heterocycles. The molecule has 3 aromatic rings. The fourth-order valence-electron chi connectivity index (χ4n) is 3.26. The van der Waals surface area contributed by atoms with E-state index in [0.717, 1.165) is 34.5 Å². The fourth-order valence-corrected chi connectivity index (χ4v) is 4.23. The maximum atomic E-state index is 12.4. The van der Waals surface area contributed by atoms with Crippen molar-refractivity contribution in [3.8, 4) is 22.8 Å². The highest BCUT2D eigenvalue weighted by atomic mass is 35.5. The van der Waals surface area contributed by atoms with E-state index in [4.69, 9.17) is 21.1 Å². The Morgan fingerprint density at radius 2 is 1.91 bits per heavy atom. The smallest absolute Gasteiger partial charge is 0.250 e. The monoisotopic (exact) mass is 484 g/mol. The average molecular weight is 485 g/mol. The first kappa shape index (κ1) is 24.8. The molecule has 1 aromatic heterocycles. The molecule has 33 heavy (non-hydrogen) atoms. The summed E-state index contributed by atoms with van der Waals surface area (Å²) in [6.45, 7) is 4.83. The van der Waals surface area contributed by atoms with Crippen LogP contribution in [0.4, 0.5) is 5.13 Å². The molecule has 5 nitrogen and oxygen atoms in total. The first-order valence-corrected chi connectivity index (χ1v) is 12.2. The number of hydrogen-bond donors (Lipinski definition) is 1. The number of thiazole rings is 1. The molecule has 0 spiro atoms. The normalized spacial score (nSPS) is 11.0. The van der Waals surface area contributed by atoms with Crippen molar-refractivity contribution in [1.29, 1.82) is 0 Å². The molecule has 0 bridgehead atoms. The molecule has 174 valence electrons. The minimum atomic E-state index is -0.248. The van der Waals surface area contributed by atoms with Gasteiger partial charge >= 0.3 is 0 Å². The van der Waals surface area contributed by atoms with Crippen LogP contribution >= 0.6 is 22.9 Å². The molecule has 0 unspecified atom stereocenters. The van der Waals surface area contributed by atoms with Gasteiger partial charge in [0, 0.05) is 21.5 Å². The number of carbonyl (C=O) groups excluding carboxylic acids is 1. The molecule has 7 heteroatoms. The second-order valence-electron chi connectivity index (χ2n) is 7.57. The van der Waals surface area contributed by atoms with Crippen molar-refractivity contribution in [2.75, 3.05) is 19.0 Å². The molecule has 0 aliphatic heterocycles. The molecule has 0 saturated carbocycles. The summed E-state index contributed by atoms with van der Waals surface area (Å²) in [7, 11) is 1.61. The van der Waals surface area contributed by atoms with E-state index < -0.39 is 0 Å². The number of nitrogens with zero attached hydrogens (tertiary/aromatic N) is 1. The van der Waals surface area contributed by atoms with Gasteiger partial charge in [-0.1, -0.05) is 56.0 Å². The molecule has 0 atom stereocenters. The highest BCUT2D eigenvalue weighted by Crippen LogP contribution is 2.31. The lowest BCUT2D eigenvalue weighted by molar-refractivity contribution is -0.111. The number of amides is 1. The number of ether oxygens (including phenoxy) is 2. The van der Waals surface area contributed by atoms with Crippen molar-refractivity contribution >= 4 is 40.1 Å². The third-order valence-electron chi connectivity index (χ3n) is 5.01. The molecule has 0 radical (unpaired) electrons. The second kappa shape index (κ2) is 12.4. The van der Waals surface area contributed by atoms with Crippen LogP contribution in [0.3, 0.4) is 0 Å². The van der Waals surface area contributed by atoms with Crippen LogP contribution in [0.1, 0.15) is 43.0 Å². The SMILES string of the molecule is CCCCCCOc1ccc(/C=C/C(=O)Nc2nc(-c3ccc(Cl)cc3)c(C)s2)cc1OC. The summed E-state index contributed by atoms with van der Waals surface area (Å²) in [6.07, 6.45) is 7.82. The zero-order chi connectivity index (χ0) is 23.6. The summed E-state index contributed by atoms with van der Waals surface area (Å²) < 4.78 is 11.3. The van der Waals surface area contributed by atoms with Crippen LogP contribution in [0.15, 0.2) is 48.5 Å². The van der Waals surface area contributed by atoms with E-state index in [0.29, 0.717) is 28.3 Å². The van der Waals surface area contributed by atoms with Gasteiger partial charge in [-0.05, 0) is 49.2 Å². The van der Waals surface area contributed by atoms with Crippen molar-refractivity contribution in [3.05, 3.63) is 64.0 Å². The number of anilines is 1. The predicted octanol–water partition coefficient (Wildman–Crippen LogP) is 7.39. The summed E-state index contributed by atoms with van der Waals surface area (Å²) in [6, 6.07) is 13.1. The van der Waals surface area contributed by atoms with Crippen molar-refractivity contribution in [3.63, 3.8) is 0 Å². The molecule has 0 aliphatic carbocycles. The Morgan fingerprint density at radius 3 is 2.64 bits per heavy atom. The molecule has 1 N–H and O–H groups in total. The Morgan fingerprint density at radius 1 is 1.12 bits per heavy atom. The molecule has 0 aliphatic rings. The third kappa shape index (κ3) is 7.34. The Kier molecular flexibility index (Phi) is 9.34. The number of halogens is 1. The van der Waals surface area contributed by atoms with Crippen LogP contribution in [0.2, 0.25) is 5.02 Å². The molecular formula is C26H29ClN2O3S. The van der Waals surface area contributed by atoms with Gasteiger partial charge in [0.05, 0.1) is 19.4 Å². The van der Waals surface area contributed by atoms with E-state index in [1.54, 1.807) is 13.2 Å². The van der Waals surface area contributed by atoms with Gasteiger partial charge in [0.15, 0.2) is 16.6 Å². The zero-order valence-electron chi connectivity index (χ0n) is 19.2. The number of nitrogens with one attached hydrogen (secondary N) is 1. The highest BCUT2D eigenvalue weighted by Gasteiger charge is 2.11. The Hall–Kier alpha value is -2.83. The molecule has 1 amide bonds. The van der Waals surface area contributed by atoms with Gasteiger partial charge in [0.1, 0.15) is 0 Å². The number of carbonyl (C=O) groups is 1. The van der Waals surface area contributed by atoms with Crippen LogP contribution < -0.4 is 14.8 Å². The number of methoxy groups -OCH3 is 1. The number of benzene rings is 2. The topological polar surface area (TPSA) is 60.5 Å². The largest absolute Gasteiger partial charge is 0.493 e. The van der Waals surface area contributed by atoms with E-state index in [2.05, 4.69) is 17.2 Å². The van der Waals surface area contributed by atoms with E-state index >= 15 is 0 Å². The van der Waals surface area contributed by atoms with E-state index in [1.807, 2.05) is 49.4 Å². The molecule has 1 heterocycles. The molecule has 3 rings (SSSR count). The zero-order valence-corrected chi connectivity index (χ0v) is 20.8. The highest BCUT2D eigenvalue weighted by molar-refractivity contribution is 7.16. The molecule has 2 aromatic carbocycles. The van der Waals surface area contributed by atoms with E-state index in [9.17, 15) is 4.79 Å². The lowest BCUT2D eigenvalue weighted by Gasteiger charge is -2.11. The van der Waals surface area contributed by atoms with Crippen LogP contribution in [0, 0.1) is 6.92 Å². The maximum Gasteiger partial charge on any atom is 0.250 e. The minimum absolute atomic E-state index is 0.248. The van der Waals surface area contributed by atoms with Crippen LogP contribution in [0.5, 0.6) is 11.5 Å². The maximum absolute atomic E-state index is 12.4. The number of aromatic nitrogens is 1.